The summed E-state index contributed by atoms with van der Waals surface area (Å²) in [7, 11) is 1.50. The maximum absolute atomic E-state index is 12.4. The Bertz CT molecular complexity index is 814. The molecule has 0 aliphatic heterocycles. The van der Waals surface area contributed by atoms with Crippen molar-refractivity contribution in [1.29, 1.82) is 0 Å². The number of hydrogen-bond donors (Lipinski definition) is 1. The Labute approximate surface area is 165 Å². The molecule has 0 radical (unpaired) electrons. The first-order chi connectivity index (χ1) is 13.3. The third-order valence-corrected chi connectivity index (χ3v) is 3.94. The minimum absolute atomic E-state index is 0.281. The average Bonchev–Trinajstić information content (AvgIpc) is 2.67. The molecule has 2 aromatic rings. The van der Waals surface area contributed by atoms with Crippen LogP contribution in [-0.2, 0) is 9.53 Å². The molecule has 28 heavy (non-hydrogen) atoms. The molecule has 0 saturated carbocycles. The van der Waals surface area contributed by atoms with Gasteiger partial charge in [0, 0.05) is 5.69 Å². The Kier molecular flexibility index (Phi) is 7.44. The van der Waals surface area contributed by atoms with Gasteiger partial charge in [-0.25, -0.2) is 4.79 Å². The summed E-state index contributed by atoms with van der Waals surface area (Å²) in [5.74, 6) is 0.341. The predicted octanol–water partition coefficient (Wildman–Crippen LogP) is 4.22. The zero-order valence-electron chi connectivity index (χ0n) is 16.9. The summed E-state index contributed by atoms with van der Waals surface area (Å²) in [5, 5.41) is 2.72. The Morgan fingerprint density at radius 1 is 1.00 bits per heavy atom. The summed E-state index contributed by atoms with van der Waals surface area (Å²) in [5.41, 5.74) is 2.02. The molecule has 0 aliphatic rings. The summed E-state index contributed by atoms with van der Waals surface area (Å²) in [6, 6.07) is 12.2. The van der Waals surface area contributed by atoms with Crippen LogP contribution in [0.3, 0.4) is 0 Å². The zero-order valence-corrected chi connectivity index (χ0v) is 16.9. The van der Waals surface area contributed by atoms with E-state index in [1.165, 1.54) is 14.0 Å². The summed E-state index contributed by atoms with van der Waals surface area (Å²) < 4.78 is 16.3. The predicted molar refractivity (Wildman–Crippen MR) is 108 cm³/mol. The van der Waals surface area contributed by atoms with E-state index in [1.807, 2.05) is 32.9 Å². The maximum Gasteiger partial charge on any atom is 0.339 e. The Hall–Kier alpha value is -3.02. The number of esters is 1. The van der Waals surface area contributed by atoms with Crippen molar-refractivity contribution in [2.45, 2.75) is 33.8 Å². The van der Waals surface area contributed by atoms with Crippen molar-refractivity contribution >= 4 is 17.6 Å². The van der Waals surface area contributed by atoms with Gasteiger partial charge in [0.1, 0.15) is 0 Å². The topological polar surface area (TPSA) is 73.9 Å². The third kappa shape index (κ3) is 6.01. The summed E-state index contributed by atoms with van der Waals surface area (Å²) >= 11 is 0. The quantitative estimate of drug-likeness (QED) is 0.689. The number of carbonyl (C=O) groups is 2. The number of aryl methyl sites for hydroxylation is 1. The highest BCUT2D eigenvalue weighted by Crippen LogP contribution is 2.29. The Balaban J connectivity index is 2.00. The van der Waals surface area contributed by atoms with E-state index in [9.17, 15) is 9.59 Å². The first kappa shape index (κ1) is 21.3. The normalized spacial score (nSPS) is 11.6. The van der Waals surface area contributed by atoms with Crippen molar-refractivity contribution in [2.24, 2.45) is 5.92 Å². The first-order valence-corrected chi connectivity index (χ1v) is 9.19. The molecule has 0 saturated heterocycles. The lowest BCUT2D eigenvalue weighted by molar-refractivity contribution is -0.123. The van der Waals surface area contributed by atoms with Crippen LogP contribution in [-0.4, -0.2) is 31.7 Å². The van der Waals surface area contributed by atoms with Crippen LogP contribution in [0.4, 0.5) is 5.69 Å². The van der Waals surface area contributed by atoms with Gasteiger partial charge in [-0.15, -0.1) is 0 Å². The van der Waals surface area contributed by atoms with E-state index < -0.39 is 18.0 Å². The highest BCUT2D eigenvalue weighted by atomic mass is 16.5. The standard InChI is InChI=1S/C22H27NO5/c1-14(2)13-27-19-11-8-17(12-20(19)26-5)22(25)28-16(4)21(24)23-18-9-6-15(3)7-10-18/h6-12,14,16H,13H2,1-5H3,(H,23,24)/t16-/m0/s1. The highest BCUT2D eigenvalue weighted by molar-refractivity contribution is 5.97. The number of benzene rings is 2. The van der Waals surface area contributed by atoms with Crippen LogP contribution in [0.1, 0.15) is 36.7 Å². The molecule has 0 aromatic heterocycles. The molecule has 0 spiro atoms. The van der Waals surface area contributed by atoms with Crippen molar-refractivity contribution in [3.8, 4) is 11.5 Å². The first-order valence-electron chi connectivity index (χ1n) is 9.19. The van der Waals surface area contributed by atoms with Crippen molar-refractivity contribution in [3.63, 3.8) is 0 Å². The SMILES string of the molecule is COc1cc(C(=O)O[C@@H](C)C(=O)Nc2ccc(C)cc2)ccc1OCC(C)C. The Morgan fingerprint density at radius 3 is 2.29 bits per heavy atom. The van der Waals surface area contributed by atoms with E-state index in [-0.39, 0.29) is 5.56 Å². The molecule has 6 nitrogen and oxygen atoms in total. The summed E-state index contributed by atoms with van der Waals surface area (Å²) in [6.45, 7) is 8.11. The van der Waals surface area contributed by atoms with E-state index in [0.29, 0.717) is 29.7 Å². The molecule has 1 amide bonds. The average molecular weight is 385 g/mol. The van der Waals surface area contributed by atoms with Gasteiger partial charge < -0.3 is 19.5 Å². The van der Waals surface area contributed by atoms with Gasteiger partial charge in [0.2, 0.25) is 0 Å². The minimum Gasteiger partial charge on any atom is -0.493 e. The van der Waals surface area contributed by atoms with Crippen molar-refractivity contribution < 1.29 is 23.8 Å². The molecule has 0 aliphatic carbocycles. The largest absolute Gasteiger partial charge is 0.493 e. The van der Waals surface area contributed by atoms with Gasteiger partial charge in [0.05, 0.1) is 19.3 Å². The molecule has 2 aromatic carbocycles. The van der Waals surface area contributed by atoms with Gasteiger partial charge in [-0.3, -0.25) is 4.79 Å². The second kappa shape index (κ2) is 9.78. The molecule has 2 rings (SSSR count). The van der Waals surface area contributed by atoms with Crippen LogP contribution in [0.25, 0.3) is 0 Å². The second-order valence-corrected chi connectivity index (χ2v) is 6.97. The van der Waals surface area contributed by atoms with Crippen LogP contribution < -0.4 is 14.8 Å². The molecule has 1 N–H and O–H groups in total. The second-order valence-electron chi connectivity index (χ2n) is 6.97. The highest BCUT2D eigenvalue weighted by Gasteiger charge is 2.20. The van der Waals surface area contributed by atoms with E-state index in [4.69, 9.17) is 14.2 Å². The van der Waals surface area contributed by atoms with Gasteiger partial charge in [0.25, 0.3) is 5.91 Å². The lowest BCUT2D eigenvalue weighted by atomic mass is 10.2. The van der Waals surface area contributed by atoms with Crippen LogP contribution >= 0.6 is 0 Å². The summed E-state index contributed by atoms with van der Waals surface area (Å²) in [6.07, 6.45) is -0.948. The number of rotatable bonds is 8. The number of nitrogens with one attached hydrogen (secondary N) is 1. The zero-order chi connectivity index (χ0) is 20.7. The van der Waals surface area contributed by atoms with E-state index in [2.05, 4.69) is 5.32 Å². The molecule has 1 atom stereocenters. The number of anilines is 1. The molecule has 6 heteroatoms. The van der Waals surface area contributed by atoms with Crippen LogP contribution in [0.2, 0.25) is 0 Å². The lowest BCUT2D eigenvalue weighted by Gasteiger charge is -2.15. The number of amides is 1. The number of methoxy groups -OCH3 is 1. The van der Waals surface area contributed by atoms with Gasteiger partial charge in [0.15, 0.2) is 17.6 Å². The van der Waals surface area contributed by atoms with Crippen molar-refractivity contribution in [2.75, 3.05) is 19.0 Å². The number of carbonyl (C=O) groups excluding carboxylic acids is 2. The third-order valence-electron chi connectivity index (χ3n) is 3.94. The fourth-order valence-corrected chi connectivity index (χ4v) is 2.33. The fraction of sp³-hybridized carbons (Fsp3) is 0.364. The van der Waals surface area contributed by atoms with Gasteiger partial charge in [-0.1, -0.05) is 31.5 Å². The van der Waals surface area contributed by atoms with Gasteiger partial charge in [-0.05, 0) is 50.1 Å². The van der Waals surface area contributed by atoms with Crippen LogP contribution in [0.5, 0.6) is 11.5 Å². The van der Waals surface area contributed by atoms with Gasteiger partial charge >= 0.3 is 5.97 Å². The number of ether oxygens (including phenoxy) is 3. The monoisotopic (exact) mass is 385 g/mol. The smallest absolute Gasteiger partial charge is 0.339 e. The van der Waals surface area contributed by atoms with E-state index in [1.54, 1.807) is 30.3 Å². The molecule has 150 valence electrons. The lowest BCUT2D eigenvalue weighted by Crippen LogP contribution is -2.30. The van der Waals surface area contributed by atoms with Crippen molar-refractivity contribution in [1.82, 2.24) is 0 Å². The molecule has 0 heterocycles. The Morgan fingerprint density at radius 2 is 1.68 bits per heavy atom. The molecular formula is C22H27NO5. The maximum atomic E-state index is 12.4. The summed E-state index contributed by atoms with van der Waals surface area (Å²) in [4.78, 5) is 24.7. The molecule has 0 bridgehead atoms. The van der Waals surface area contributed by atoms with Crippen molar-refractivity contribution in [3.05, 3.63) is 53.6 Å². The molecular weight excluding hydrogens is 358 g/mol. The van der Waals surface area contributed by atoms with Crippen LogP contribution in [0.15, 0.2) is 42.5 Å². The molecule has 0 fully saturated rings. The fourth-order valence-electron chi connectivity index (χ4n) is 2.33. The number of hydrogen-bond acceptors (Lipinski definition) is 5. The van der Waals surface area contributed by atoms with Gasteiger partial charge in [-0.2, -0.15) is 0 Å². The van der Waals surface area contributed by atoms with E-state index >= 15 is 0 Å². The van der Waals surface area contributed by atoms with Crippen LogP contribution in [0, 0.1) is 12.8 Å². The molecule has 0 unspecified atom stereocenters. The minimum atomic E-state index is -0.948. The van der Waals surface area contributed by atoms with E-state index in [0.717, 1.165) is 5.56 Å².